The molecule has 2 fully saturated rings. The number of ether oxygens (including phenoxy) is 6. The van der Waals surface area contributed by atoms with Gasteiger partial charge in [-0.3, -0.25) is 0 Å². The van der Waals surface area contributed by atoms with Crippen LogP contribution in [0.1, 0.15) is 18.4 Å². The van der Waals surface area contributed by atoms with E-state index >= 15 is 0 Å². The van der Waals surface area contributed by atoms with Gasteiger partial charge in [-0.1, -0.05) is 0 Å². The van der Waals surface area contributed by atoms with Crippen LogP contribution in [0.3, 0.4) is 0 Å². The Balaban J connectivity index is 1.11. The maximum atomic E-state index is 12.3. The normalized spacial score (nSPS) is 16.0. The molecule has 0 aliphatic carbocycles. The first-order valence-electron chi connectivity index (χ1n) is 15.1. The van der Waals surface area contributed by atoms with Gasteiger partial charge in [0.25, 0.3) is 10.2 Å². The van der Waals surface area contributed by atoms with Gasteiger partial charge in [-0.25, -0.2) is 9.97 Å². The molecule has 2 aliphatic rings. The summed E-state index contributed by atoms with van der Waals surface area (Å²) in [6.07, 6.45) is 3.27. The average Bonchev–Trinajstić information content (AvgIpc) is 3.09. The van der Waals surface area contributed by atoms with Crippen LogP contribution in [0.4, 0.5) is 11.6 Å². The van der Waals surface area contributed by atoms with Crippen LogP contribution < -0.4 is 24.2 Å². The summed E-state index contributed by atoms with van der Waals surface area (Å²) in [5.41, 5.74) is 2.53. The maximum absolute atomic E-state index is 12.3. The first-order valence-corrected chi connectivity index (χ1v) is 16.5. The molecule has 0 atom stereocenters. The summed E-state index contributed by atoms with van der Waals surface area (Å²) in [6, 6.07) is 14.8. The topological polar surface area (TPSA) is 166 Å². The molecule has 2 N–H and O–H groups in total. The summed E-state index contributed by atoms with van der Waals surface area (Å²) < 4.78 is 62.0. The van der Waals surface area contributed by atoms with Gasteiger partial charge >= 0.3 is 0 Å². The van der Waals surface area contributed by atoms with Crippen LogP contribution >= 0.6 is 0 Å². The van der Waals surface area contributed by atoms with Gasteiger partial charge in [-0.15, -0.1) is 0 Å². The van der Waals surface area contributed by atoms with Gasteiger partial charge in [0.15, 0.2) is 11.5 Å². The van der Waals surface area contributed by atoms with Crippen molar-refractivity contribution >= 4 is 21.8 Å². The molecule has 0 radical (unpaired) electrons. The molecule has 14 nitrogen and oxygen atoms in total. The number of rotatable bonds is 15. The largest absolute Gasteiger partial charge is 0.493 e. The molecule has 2 aromatic carbocycles. The van der Waals surface area contributed by atoms with Gasteiger partial charge in [0, 0.05) is 56.0 Å². The van der Waals surface area contributed by atoms with Gasteiger partial charge in [0.1, 0.15) is 24.5 Å². The SMILES string of the molecule is COc1cc(Nc2nccc(-c3ccc(OC4CCOCC4)c(C#N)c3)n2)ccc1OCCOCCNS(=O)(=O)N1CCOCC1. The smallest absolute Gasteiger partial charge is 0.279 e. The summed E-state index contributed by atoms with van der Waals surface area (Å²) in [4.78, 5) is 8.97. The zero-order valence-corrected chi connectivity index (χ0v) is 26.5. The van der Waals surface area contributed by atoms with E-state index in [4.69, 9.17) is 28.4 Å². The number of morpholine rings is 1. The first kappa shape index (κ1) is 33.3. The molecule has 0 amide bonds. The van der Waals surface area contributed by atoms with Crippen molar-refractivity contribution in [2.45, 2.75) is 18.9 Å². The van der Waals surface area contributed by atoms with Crippen molar-refractivity contribution < 1.29 is 36.8 Å². The van der Waals surface area contributed by atoms with Crippen LogP contribution in [-0.4, -0.2) is 102 Å². The molecule has 46 heavy (non-hydrogen) atoms. The maximum Gasteiger partial charge on any atom is 0.279 e. The highest BCUT2D eigenvalue weighted by atomic mass is 32.2. The van der Waals surface area contributed by atoms with Crippen molar-refractivity contribution in [3.63, 3.8) is 0 Å². The van der Waals surface area contributed by atoms with Crippen molar-refractivity contribution in [2.75, 3.05) is 78.3 Å². The van der Waals surface area contributed by atoms with Crippen LogP contribution in [-0.2, 0) is 24.4 Å². The van der Waals surface area contributed by atoms with E-state index in [9.17, 15) is 13.7 Å². The van der Waals surface area contributed by atoms with Gasteiger partial charge in [-0.05, 0) is 36.4 Å². The van der Waals surface area contributed by atoms with Gasteiger partial charge < -0.3 is 33.7 Å². The predicted octanol–water partition coefficient (Wildman–Crippen LogP) is 2.89. The van der Waals surface area contributed by atoms with Crippen molar-refractivity contribution in [1.82, 2.24) is 19.0 Å². The highest BCUT2D eigenvalue weighted by molar-refractivity contribution is 7.87. The molecule has 5 rings (SSSR count). The summed E-state index contributed by atoms with van der Waals surface area (Å²) in [7, 11) is -2.00. The number of methoxy groups -OCH3 is 1. The third-order valence-electron chi connectivity index (χ3n) is 7.26. The molecule has 0 unspecified atom stereocenters. The van der Waals surface area contributed by atoms with Gasteiger partial charge in [0.05, 0.1) is 58.0 Å². The van der Waals surface area contributed by atoms with Gasteiger partial charge in [0.2, 0.25) is 5.95 Å². The minimum absolute atomic E-state index is 0.0327. The lowest BCUT2D eigenvalue weighted by molar-refractivity contribution is 0.0254. The van der Waals surface area contributed by atoms with Crippen LogP contribution in [0.25, 0.3) is 11.3 Å². The Morgan fingerprint density at radius 3 is 2.54 bits per heavy atom. The van der Waals surface area contributed by atoms with E-state index in [2.05, 4.69) is 26.1 Å². The van der Waals surface area contributed by atoms with Crippen LogP contribution in [0.5, 0.6) is 17.2 Å². The third-order valence-corrected chi connectivity index (χ3v) is 8.87. The fourth-order valence-electron chi connectivity index (χ4n) is 4.86. The monoisotopic (exact) mass is 654 g/mol. The highest BCUT2D eigenvalue weighted by Crippen LogP contribution is 2.32. The molecule has 0 saturated carbocycles. The molecule has 0 bridgehead atoms. The number of nitrogens with zero attached hydrogens (tertiary/aromatic N) is 4. The summed E-state index contributed by atoms with van der Waals surface area (Å²) in [5, 5.41) is 12.9. The molecule has 246 valence electrons. The second-order valence-corrected chi connectivity index (χ2v) is 12.1. The van der Waals surface area contributed by atoms with Crippen molar-refractivity contribution in [3.05, 3.63) is 54.2 Å². The fraction of sp³-hybridized carbons (Fsp3) is 0.452. The van der Waals surface area contributed by atoms with E-state index in [1.807, 2.05) is 12.1 Å². The second kappa shape index (κ2) is 16.5. The van der Waals surface area contributed by atoms with Crippen LogP contribution in [0, 0.1) is 11.3 Å². The Labute approximate surface area is 268 Å². The lowest BCUT2D eigenvalue weighted by Crippen LogP contribution is -2.47. The molecular weight excluding hydrogens is 616 g/mol. The van der Waals surface area contributed by atoms with Crippen molar-refractivity contribution in [1.29, 1.82) is 5.26 Å². The van der Waals surface area contributed by atoms with E-state index in [1.165, 1.54) is 4.31 Å². The molecule has 1 aromatic heterocycles. The van der Waals surface area contributed by atoms with E-state index < -0.39 is 10.2 Å². The molecule has 2 saturated heterocycles. The number of hydrogen-bond acceptors (Lipinski definition) is 12. The second-order valence-electron chi connectivity index (χ2n) is 10.4. The predicted molar refractivity (Wildman–Crippen MR) is 169 cm³/mol. The summed E-state index contributed by atoms with van der Waals surface area (Å²) >= 11 is 0. The van der Waals surface area contributed by atoms with E-state index in [-0.39, 0.29) is 32.5 Å². The molecular formula is C31H38N6O8S. The summed E-state index contributed by atoms with van der Waals surface area (Å²) in [6.45, 7) is 3.65. The minimum atomic E-state index is -3.54. The highest BCUT2D eigenvalue weighted by Gasteiger charge is 2.23. The van der Waals surface area contributed by atoms with Crippen molar-refractivity contribution in [2.24, 2.45) is 0 Å². The quantitative estimate of drug-likeness (QED) is 0.231. The minimum Gasteiger partial charge on any atom is -0.493 e. The molecule has 15 heteroatoms. The average molecular weight is 655 g/mol. The zero-order chi connectivity index (χ0) is 32.2. The van der Waals surface area contributed by atoms with Gasteiger partial charge in [-0.2, -0.15) is 22.7 Å². The number of anilines is 2. The Kier molecular flexibility index (Phi) is 12.0. The Morgan fingerprint density at radius 1 is 0.978 bits per heavy atom. The number of hydrogen-bond donors (Lipinski definition) is 2. The molecule has 3 heterocycles. The molecule has 0 spiro atoms. The van der Waals surface area contributed by atoms with E-state index in [0.717, 1.165) is 18.4 Å². The molecule has 2 aliphatic heterocycles. The lowest BCUT2D eigenvalue weighted by atomic mass is 10.1. The van der Waals surface area contributed by atoms with E-state index in [1.54, 1.807) is 43.6 Å². The standard InChI is InChI=1S/C31H38N6O8S/c1-40-30-21-25(3-5-29(30)44-19-18-42-15-10-34-46(38,39)37-11-16-43-17-12-37)35-31-33-9-6-27(36-31)23-2-4-28(24(20-23)22-32)45-26-7-13-41-14-8-26/h2-6,9,20-21,26,34H,7-8,10-19H2,1H3,(H,33,35,36). The summed E-state index contributed by atoms with van der Waals surface area (Å²) in [5.74, 6) is 1.94. The Bertz CT molecular complexity index is 1590. The lowest BCUT2D eigenvalue weighted by Gasteiger charge is -2.26. The fourth-order valence-corrected chi connectivity index (χ4v) is 6.01. The number of nitrogens with one attached hydrogen (secondary N) is 2. The molecule has 3 aromatic rings. The number of aromatic nitrogens is 2. The third kappa shape index (κ3) is 9.25. The Morgan fingerprint density at radius 2 is 1.76 bits per heavy atom. The Hall–Kier alpha value is -4.04. The number of nitriles is 1. The van der Waals surface area contributed by atoms with E-state index in [0.29, 0.717) is 79.7 Å². The van der Waals surface area contributed by atoms with Crippen LogP contribution in [0.2, 0.25) is 0 Å². The number of benzene rings is 2. The van der Waals surface area contributed by atoms with Crippen molar-refractivity contribution in [3.8, 4) is 34.6 Å². The zero-order valence-electron chi connectivity index (χ0n) is 25.6. The van der Waals surface area contributed by atoms with Crippen LogP contribution in [0.15, 0.2) is 48.7 Å². The first-order chi connectivity index (χ1) is 22.4.